The van der Waals surface area contributed by atoms with Crippen molar-refractivity contribution in [3.05, 3.63) is 33.9 Å². The molecule has 1 aromatic carbocycles. The molecule has 1 saturated heterocycles. The molecule has 1 fully saturated rings. The monoisotopic (exact) mass is 264 g/mol. The van der Waals surface area contributed by atoms with Crippen LogP contribution >= 0.6 is 0 Å². The lowest BCUT2D eigenvalue weighted by Gasteiger charge is -2.31. The molecule has 0 unspecified atom stereocenters. The molecule has 1 aromatic rings. The van der Waals surface area contributed by atoms with Crippen LogP contribution in [0.2, 0.25) is 0 Å². The zero-order valence-electron chi connectivity index (χ0n) is 10.7. The van der Waals surface area contributed by atoms with Gasteiger partial charge in [0, 0.05) is 19.2 Å². The van der Waals surface area contributed by atoms with Crippen LogP contribution < -0.4 is 4.90 Å². The van der Waals surface area contributed by atoms with Crippen LogP contribution in [-0.2, 0) is 4.79 Å². The zero-order valence-corrected chi connectivity index (χ0v) is 10.7. The maximum atomic E-state index is 11.0. The molecule has 0 aliphatic carbocycles. The fraction of sp³-hybridized carbons (Fsp3) is 0.462. The lowest BCUT2D eigenvalue weighted by Crippen LogP contribution is -2.36. The van der Waals surface area contributed by atoms with Crippen molar-refractivity contribution in [3.63, 3.8) is 0 Å². The van der Waals surface area contributed by atoms with Gasteiger partial charge in [-0.2, -0.15) is 0 Å². The van der Waals surface area contributed by atoms with Crippen LogP contribution in [0.3, 0.4) is 0 Å². The van der Waals surface area contributed by atoms with E-state index in [9.17, 15) is 14.9 Å². The smallest absolute Gasteiger partial charge is 0.306 e. The molecule has 0 spiro atoms. The number of nitro groups is 1. The van der Waals surface area contributed by atoms with Crippen molar-refractivity contribution in [2.45, 2.75) is 19.8 Å². The van der Waals surface area contributed by atoms with Crippen molar-refractivity contribution in [2.24, 2.45) is 5.92 Å². The number of aliphatic carboxylic acids is 1. The van der Waals surface area contributed by atoms with Crippen molar-refractivity contribution in [1.82, 2.24) is 0 Å². The number of benzene rings is 1. The van der Waals surface area contributed by atoms with E-state index in [1.54, 1.807) is 12.1 Å². The Hall–Kier alpha value is -2.11. The van der Waals surface area contributed by atoms with E-state index in [0.29, 0.717) is 31.6 Å². The summed E-state index contributed by atoms with van der Waals surface area (Å²) in [5.41, 5.74) is 1.63. The summed E-state index contributed by atoms with van der Waals surface area (Å²) in [7, 11) is 0. The van der Waals surface area contributed by atoms with Gasteiger partial charge >= 0.3 is 5.97 Å². The van der Waals surface area contributed by atoms with Crippen molar-refractivity contribution in [3.8, 4) is 0 Å². The average Bonchev–Trinajstić information content (AvgIpc) is 2.38. The Morgan fingerprint density at radius 1 is 1.42 bits per heavy atom. The molecule has 2 rings (SSSR count). The molecule has 19 heavy (non-hydrogen) atoms. The van der Waals surface area contributed by atoms with Gasteiger partial charge in [0.05, 0.1) is 10.8 Å². The predicted octanol–water partition coefficient (Wildman–Crippen LogP) is 2.20. The minimum atomic E-state index is -0.779. The highest BCUT2D eigenvalue weighted by Crippen LogP contribution is 2.32. The van der Waals surface area contributed by atoms with Crippen LogP contribution in [0.5, 0.6) is 0 Å². The van der Waals surface area contributed by atoms with Crippen LogP contribution in [-0.4, -0.2) is 29.1 Å². The molecule has 0 aromatic heterocycles. The maximum absolute atomic E-state index is 11.0. The average molecular weight is 264 g/mol. The first-order valence-electron chi connectivity index (χ1n) is 6.22. The third-order valence-electron chi connectivity index (χ3n) is 3.51. The van der Waals surface area contributed by atoms with Gasteiger partial charge in [0.1, 0.15) is 5.69 Å². The van der Waals surface area contributed by atoms with Crippen LogP contribution in [0, 0.1) is 23.0 Å². The summed E-state index contributed by atoms with van der Waals surface area (Å²) in [6.07, 6.45) is 1.06. The molecule has 0 bridgehead atoms. The number of rotatable bonds is 3. The Balaban J connectivity index is 2.21. The van der Waals surface area contributed by atoms with E-state index in [-0.39, 0.29) is 11.6 Å². The SMILES string of the molecule is Cc1ccc([N+](=O)[O-])c(N2CCC(C(=O)O)CC2)c1. The normalized spacial score (nSPS) is 16.4. The minimum absolute atomic E-state index is 0.0828. The summed E-state index contributed by atoms with van der Waals surface area (Å²) < 4.78 is 0. The van der Waals surface area contributed by atoms with Crippen molar-refractivity contribution in [1.29, 1.82) is 0 Å². The number of hydrogen-bond donors (Lipinski definition) is 1. The van der Waals surface area contributed by atoms with Gasteiger partial charge in [-0.1, -0.05) is 6.07 Å². The minimum Gasteiger partial charge on any atom is -0.481 e. The van der Waals surface area contributed by atoms with Gasteiger partial charge in [-0.15, -0.1) is 0 Å². The van der Waals surface area contributed by atoms with Gasteiger partial charge in [-0.3, -0.25) is 14.9 Å². The quantitative estimate of drug-likeness (QED) is 0.668. The van der Waals surface area contributed by atoms with Gasteiger partial charge in [-0.25, -0.2) is 0 Å². The first-order valence-corrected chi connectivity index (χ1v) is 6.22. The Kier molecular flexibility index (Phi) is 3.69. The standard InChI is InChI=1S/C13H16N2O4/c1-9-2-3-11(15(18)19)12(8-9)14-6-4-10(5-7-14)13(16)17/h2-3,8,10H,4-7H2,1H3,(H,16,17). The van der Waals surface area contributed by atoms with Crippen molar-refractivity contribution < 1.29 is 14.8 Å². The fourth-order valence-electron chi connectivity index (χ4n) is 2.41. The molecule has 102 valence electrons. The molecule has 1 heterocycles. The first kappa shape index (κ1) is 13.3. The van der Waals surface area contributed by atoms with Crippen molar-refractivity contribution >= 4 is 17.3 Å². The van der Waals surface area contributed by atoms with Crippen LogP contribution in [0.25, 0.3) is 0 Å². The van der Waals surface area contributed by atoms with Gasteiger partial charge in [0.25, 0.3) is 5.69 Å². The number of nitrogens with zero attached hydrogens (tertiary/aromatic N) is 2. The maximum Gasteiger partial charge on any atom is 0.306 e. The lowest BCUT2D eigenvalue weighted by molar-refractivity contribution is -0.384. The molecule has 0 saturated carbocycles. The van der Waals surface area contributed by atoms with Crippen LogP contribution in [0.1, 0.15) is 18.4 Å². The molecular formula is C13H16N2O4. The number of carboxylic acid groups (broad SMARTS) is 1. The van der Waals surface area contributed by atoms with Gasteiger partial charge in [0.15, 0.2) is 0 Å². The highest BCUT2D eigenvalue weighted by Gasteiger charge is 2.27. The molecule has 6 heteroatoms. The largest absolute Gasteiger partial charge is 0.481 e. The summed E-state index contributed by atoms with van der Waals surface area (Å²) in [6.45, 7) is 2.97. The molecule has 0 amide bonds. The van der Waals surface area contributed by atoms with E-state index >= 15 is 0 Å². The summed E-state index contributed by atoms with van der Waals surface area (Å²) in [4.78, 5) is 23.4. The summed E-state index contributed by atoms with van der Waals surface area (Å²) in [5, 5.41) is 20.0. The van der Waals surface area contributed by atoms with E-state index in [1.807, 2.05) is 11.8 Å². The van der Waals surface area contributed by atoms with Crippen molar-refractivity contribution in [2.75, 3.05) is 18.0 Å². The molecule has 6 nitrogen and oxygen atoms in total. The van der Waals surface area contributed by atoms with E-state index in [4.69, 9.17) is 5.11 Å². The number of hydrogen-bond acceptors (Lipinski definition) is 4. The number of nitro benzene ring substituents is 1. The zero-order chi connectivity index (χ0) is 14.0. The number of carbonyl (C=O) groups is 1. The number of carboxylic acids is 1. The number of anilines is 1. The van der Waals surface area contributed by atoms with Gasteiger partial charge < -0.3 is 10.0 Å². The molecule has 0 radical (unpaired) electrons. The van der Waals surface area contributed by atoms with Crippen LogP contribution in [0.15, 0.2) is 18.2 Å². The second kappa shape index (κ2) is 5.26. The Morgan fingerprint density at radius 3 is 2.58 bits per heavy atom. The molecule has 1 aliphatic rings. The predicted molar refractivity (Wildman–Crippen MR) is 70.4 cm³/mol. The second-order valence-electron chi connectivity index (χ2n) is 4.85. The Bertz CT molecular complexity index is 507. The van der Waals surface area contributed by atoms with Gasteiger partial charge in [-0.05, 0) is 31.4 Å². The second-order valence-corrected chi connectivity index (χ2v) is 4.85. The fourth-order valence-corrected chi connectivity index (χ4v) is 2.41. The molecule has 0 atom stereocenters. The topological polar surface area (TPSA) is 83.7 Å². The van der Waals surface area contributed by atoms with E-state index in [1.165, 1.54) is 6.07 Å². The van der Waals surface area contributed by atoms with E-state index in [0.717, 1.165) is 5.56 Å². The summed E-state index contributed by atoms with van der Waals surface area (Å²) in [6, 6.07) is 5.01. The molecule has 1 N–H and O–H groups in total. The van der Waals surface area contributed by atoms with E-state index < -0.39 is 10.9 Å². The molecular weight excluding hydrogens is 248 g/mol. The Morgan fingerprint density at radius 2 is 2.05 bits per heavy atom. The van der Waals surface area contributed by atoms with Crippen LogP contribution in [0.4, 0.5) is 11.4 Å². The number of aryl methyl sites for hydroxylation is 1. The first-order chi connectivity index (χ1) is 8.99. The third-order valence-corrected chi connectivity index (χ3v) is 3.51. The third kappa shape index (κ3) is 2.83. The summed E-state index contributed by atoms with van der Waals surface area (Å²) >= 11 is 0. The van der Waals surface area contributed by atoms with E-state index in [2.05, 4.69) is 0 Å². The Labute approximate surface area is 110 Å². The van der Waals surface area contributed by atoms with Gasteiger partial charge in [0.2, 0.25) is 0 Å². The highest BCUT2D eigenvalue weighted by molar-refractivity contribution is 5.71. The lowest BCUT2D eigenvalue weighted by atomic mass is 9.96. The summed E-state index contributed by atoms with van der Waals surface area (Å²) in [5.74, 6) is -1.11. The highest BCUT2D eigenvalue weighted by atomic mass is 16.6. The number of piperidine rings is 1. The molecule has 1 aliphatic heterocycles.